The van der Waals surface area contributed by atoms with Gasteiger partial charge in [-0.15, -0.1) is 0 Å². The van der Waals surface area contributed by atoms with E-state index in [9.17, 15) is 14.7 Å². The summed E-state index contributed by atoms with van der Waals surface area (Å²) in [5.74, 6) is -0.463. The molecule has 2 N–H and O–H groups in total. The van der Waals surface area contributed by atoms with Gasteiger partial charge < -0.3 is 10.4 Å². The van der Waals surface area contributed by atoms with Gasteiger partial charge in [-0.2, -0.15) is 0 Å². The molecule has 0 spiro atoms. The minimum absolute atomic E-state index is 0.0514. The predicted octanol–water partition coefficient (Wildman–Crippen LogP) is 2.57. The molecule has 0 heterocycles. The number of nitrogens with one attached hydrogen (secondary N) is 1. The molecular formula is C16H28N2O3. The van der Waals surface area contributed by atoms with Crippen LogP contribution >= 0.6 is 0 Å². The van der Waals surface area contributed by atoms with Crippen LogP contribution in [-0.2, 0) is 4.79 Å². The highest BCUT2D eigenvalue weighted by molar-refractivity contribution is 5.96. The molecule has 21 heavy (non-hydrogen) atoms. The van der Waals surface area contributed by atoms with Crippen molar-refractivity contribution < 1.29 is 14.7 Å². The van der Waals surface area contributed by atoms with E-state index in [1.165, 1.54) is 18.2 Å². The standard InChI is InChI=1S/C16H28N2O3/c1-12(19)15(20)18(14-10-6-3-7-11-14)16(21)17-13-8-4-2-5-9-13/h12-14,19H,2-11H2,1H3,(H,17,21). The Labute approximate surface area is 127 Å². The topological polar surface area (TPSA) is 69.6 Å². The lowest BCUT2D eigenvalue weighted by Gasteiger charge is -2.35. The Bertz CT molecular complexity index is 359. The van der Waals surface area contributed by atoms with Crippen molar-refractivity contribution in [1.29, 1.82) is 0 Å². The smallest absolute Gasteiger partial charge is 0.324 e. The van der Waals surface area contributed by atoms with Crippen LogP contribution in [0.15, 0.2) is 0 Å². The Morgan fingerprint density at radius 3 is 2.05 bits per heavy atom. The first-order valence-corrected chi connectivity index (χ1v) is 8.41. The van der Waals surface area contributed by atoms with Gasteiger partial charge in [0.2, 0.25) is 0 Å². The highest BCUT2D eigenvalue weighted by Gasteiger charge is 2.33. The fourth-order valence-corrected chi connectivity index (χ4v) is 3.48. The van der Waals surface area contributed by atoms with Crippen molar-refractivity contribution >= 4 is 11.9 Å². The maximum absolute atomic E-state index is 12.5. The van der Waals surface area contributed by atoms with Gasteiger partial charge in [-0.3, -0.25) is 9.69 Å². The SMILES string of the molecule is CC(O)C(=O)N(C(=O)NC1CCCCC1)C1CCCCC1. The second-order valence-corrected chi connectivity index (χ2v) is 6.46. The lowest BCUT2D eigenvalue weighted by Crippen LogP contribution is -2.55. The van der Waals surface area contributed by atoms with Crippen LogP contribution in [0.5, 0.6) is 0 Å². The third-order valence-electron chi connectivity index (χ3n) is 4.69. The molecule has 2 aliphatic carbocycles. The fourth-order valence-electron chi connectivity index (χ4n) is 3.48. The van der Waals surface area contributed by atoms with Crippen LogP contribution in [0, 0.1) is 0 Å². The van der Waals surface area contributed by atoms with Crippen LogP contribution in [-0.4, -0.2) is 40.1 Å². The third kappa shape index (κ3) is 4.43. The first kappa shape index (κ1) is 16.3. The van der Waals surface area contributed by atoms with Gasteiger partial charge in [0.15, 0.2) is 0 Å². The van der Waals surface area contributed by atoms with E-state index < -0.39 is 12.0 Å². The Morgan fingerprint density at radius 1 is 1.00 bits per heavy atom. The molecule has 0 saturated heterocycles. The van der Waals surface area contributed by atoms with Gasteiger partial charge >= 0.3 is 6.03 Å². The normalized spacial score (nSPS) is 22.6. The number of amides is 3. The molecule has 2 saturated carbocycles. The van der Waals surface area contributed by atoms with Gasteiger partial charge in [-0.05, 0) is 32.6 Å². The summed E-state index contributed by atoms with van der Waals surface area (Å²) >= 11 is 0. The molecule has 0 aromatic carbocycles. The summed E-state index contributed by atoms with van der Waals surface area (Å²) in [5.41, 5.74) is 0. The number of hydrogen-bond donors (Lipinski definition) is 2. The van der Waals surface area contributed by atoms with E-state index in [0.717, 1.165) is 57.8 Å². The summed E-state index contributed by atoms with van der Waals surface area (Å²) in [6.45, 7) is 1.44. The average molecular weight is 296 g/mol. The van der Waals surface area contributed by atoms with Crippen molar-refractivity contribution in [3.05, 3.63) is 0 Å². The molecule has 2 fully saturated rings. The van der Waals surface area contributed by atoms with Crippen LogP contribution in [0.2, 0.25) is 0 Å². The van der Waals surface area contributed by atoms with Crippen LogP contribution in [0.1, 0.15) is 71.1 Å². The van der Waals surface area contributed by atoms with Gasteiger partial charge in [0.1, 0.15) is 6.10 Å². The molecule has 0 aromatic rings. The molecule has 5 nitrogen and oxygen atoms in total. The highest BCUT2D eigenvalue weighted by Crippen LogP contribution is 2.24. The first-order valence-electron chi connectivity index (χ1n) is 8.41. The van der Waals surface area contributed by atoms with Gasteiger partial charge in [0, 0.05) is 12.1 Å². The summed E-state index contributed by atoms with van der Waals surface area (Å²) in [5, 5.41) is 12.6. The van der Waals surface area contributed by atoms with Crippen molar-refractivity contribution in [3.8, 4) is 0 Å². The van der Waals surface area contributed by atoms with Crippen LogP contribution in [0.4, 0.5) is 4.79 Å². The molecule has 5 heteroatoms. The van der Waals surface area contributed by atoms with Gasteiger partial charge in [0.25, 0.3) is 5.91 Å². The number of hydrogen-bond acceptors (Lipinski definition) is 3. The third-order valence-corrected chi connectivity index (χ3v) is 4.69. The number of aliphatic hydroxyl groups is 1. The van der Waals surface area contributed by atoms with Crippen LogP contribution in [0.25, 0.3) is 0 Å². The Kier molecular flexibility index (Phi) is 6.03. The summed E-state index contributed by atoms with van der Waals surface area (Å²) in [6.07, 6.45) is 9.34. The Balaban J connectivity index is 2.02. The summed E-state index contributed by atoms with van der Waals surface area (Å²) in [7, 11) is 0. The molecule has 0 aromatic heterocycles. The van der Waals surface area contributed by atoms with E-state index >= 15 is 0 Å². The Hall–Kier alpha value is -1.10. The number of imide groups is 1. The van der Waals surface area contributed by atoms with Crippen molar-refractivity contribution in [2.45, 2.75) is 89.3 Å². The monoisotopic (exact) mass is 296 g/mol. The van der Waals surface area contributed by atoms with E-state index in [2.05, 4.69) is 5.32 Å². The largest absolute Gasteiger partial charge is 0.384 e. The number of carbonyl (C=O) groups excluding carboxylic acids is 2. The molecule has 0 bridgehead atoms. The van der Waals surface area contributed by atoms with Crippen LogP contribution < -0.4 is 5.32 Å². The van der Waals surface area contributed by atoms with Crippen molar-refractivity contribution in [1.82, 2.24) is 10.2 Å². The van der Waals surface area contributed by atoms with E-state index in [0.29, 0.717) is 0 Å². The first-order chi connectivity index (χ1) is 10.1. The molecule has 3 amide bonds. The molecule has 1 atom stereocenters. The maximum atomic E-state index is 12.5. The van der Waals surface area contributed by atoms with Gasteiger partial charge in [-0.1, -0.05) is 38.5 Å². The molecule has 0 radical (unpaired) electrons. The van der Waals surface area contributed by atoms with Crippen molar-refractivity contribution in [3.63, 3.8) is 0 Å². The zero-order valence-electron chi connectivity index (χ0n) is 13.0. The highest BCUT2D eigenvalue weighted by atomic mass is 16.3. The molecule has 2 rings (SSSR count). The van der Waals surface area contributed by atoms with Crippen molar-refractivity contribution in [2.24, 2.45) is 0 Å². The van der Waals surface area contributed by atoms with Crippen LogP contribution in [0.3, 0.4) is 0 Å². The number of aliphatic hydroxyl groups excluding tert-OH is 1. The second kappa shape index (κ2) is 7.78. The predicted molar refractivity (Wildman–Crippen MR) is 80.8 cm³/mol. The zero-order chi connectivity index (χ0) is 15.2. The van der Waals surface area contributed by atoms with E-state index in [1.54, 1.807) is 0 Å². The maximum Gasteiger partial charge on any atom is 0.324 e. The zero-order valence-corrected chi connectivity index (χ0v) is 13.0. The molecule has 2 aliphatic rings. The average Bonchev–Trinajstić information content (AvgIpc) is 2.49. The number of carbonyl (C=O) groups is 2. The summed E-state index contributed by atoms with van der Waals surface area (Å²) in [4.78, 5) is 26.1. The Morgan fingerprint density at radius 2 is 1.52 bits per heavy atom. The lowest BCUT2D eigenvalue weighted by molar-refractivity contribution is -0.138. The minimum atomic E-state index is -1.12. The van der Waals surface area contributed by atoms with E-state index in [4.69, 9.17) is 0 Å². The molecule has 120 valence electrons. The number of urea groups is 1. The second-order valence-electron chi connectivity index (χ2n) is 6.46. The van der Waals surface area contributed by atoms with Crippen molar-refractivity contribution in [2.75, 3.05) is 0 Å². The van der Waals surface area contributed by atoms with E-state index in [-0.39, 0.29) is 18.1 Å². The quantitative estimate of drug-likeness (QED) is 0.841. The lowest BCUT2D eigenvalue weighted by atomic mass is 9.93. The van der Waals surface area contributed by atoms with E-state index in [1.807, 2.05) is 0 Å². The molecule has 1 unspecified atom stereocenters. The number of nitrogens with zero attached hydrogens (tertiary/aromatic N) is 1. The van der Waals surface area contributed by atoms with Gasteiger partial charge in [0.05, 0.1) is 0 Å². The minimum Gasteiger partial charge on any atom is -0.384 e. The molecule has 0 aliphatic heterocycles. The number of rotatable bonds is 3. The summed E-state index contributed by atoms with van der Waals surface area (Å²) in [6, 6.07) is -0.178. The summed E-state index contributed by atoms with van der Waals surface area (Å²) < 4.78 is 0. The molecular weight excluding hydrogens is 268 g/mol. The fraction of sp³-hybridized carbons (Fsp3) is 0.875. The van der Waals surface area contributed by atoms with Gasteiger partial charge in [-0.25, -0.2) is 4.79 Å².